The summed E-state index contributed by atoms with van der Waals surface area (Å²) in [5.41, 5.74) is 1.03. The summed E-state index contributed by atoms with van der Waals surface area (Å²) in [6.07, 6.45) is 3.79. The molecule has 1 fully saturated rings. The molecule has 7 nitrogen and oxygen atoms in total. The van der Waals surface area contributed by atoms with E-state index in [0.29, 0.717) is 51.8 Å². The minimum absolute atomic E-state index is 0.0639. The maximum absolute atomic E-state index is 13.5. The first-order chi connectivity index (χ1) is 16.4. The van der Waals surface area contributed by atoms with Gasteiger partial charge in [-0.25, -0.2) is 0 Å². The van der Waals surface area contributed by atoms with Gasteiger partial charge in [0.05, 0.1) is 9.93 Å². The van der Waals surface area contributed by atoms with E-state index >= 15 is 0 Å². The molecule has 0 radical (unpaired) electrons. The molecule has 34 heavy (non-hydrogen) atoms. The predicted octanol–water partition coefficient (Wildman–Crippen LogP) is 5.08. The van der Waals surface area contributed by atoms with Gasteiger partial charge in [-0.05, 0) is 50.1 Å². The van der Waals surface area contributed by atoms with Gasteiger partial charge in [0.15, 0.2) is 0 Å². The number of halogens is 1. The Labute approximate surface area is 211 Å². The van der Waals surface area contributed by atoms with Gasteiger partial charge >= 0.3 is 0 Å². The van der Waals surface area contributed by atoms with E-state index in [2.05, 4.69) is 4.98 Å². The number of para-hydroxylation sites is 1. The molecular formula is C24H22ClN3O4S2. The highest BCUT2D eigenvalue weighted by atomic mass is 35.5. The molecule has 1 amide bonds. The highest BCUT2D eigenvalue weighted by Crippen LogP contribution is 2.35. The van der Waals surface area contributed by atoms with Crippen LogP contribution in [-0.4, -0.2) is 44.3 Å². The van der Waals surface area contributed by atoms with Gasteiger partial charge in [-0.1, -0.05) is 53.8 Å². The molecule has 2 aromatic heterocycles. The number of aryl methyl sites for hydroxylation is 1. The lowest BCUT2D eigenvalue weighted by molar-refractivity contribution is -0.122. The zero-order chi connectivity index (χ0) is 24.2. The molecule has 0 N–H and O–H groups in total. The number of thiocarbonyl (C=S) groups is 1. The molecule has 1 saturated heterocycles. The summed E-state index contributed by atoms with van der Waals surface area (Å²) in [7, 11) is 0. The second-order valence-electron chi connectivity index (χ2n) is 7.44. The zero-order valence-corrected chi connectivity index (χ0v) is 21.0. The van der Waals surface area contributed by atoms with E-state index in [1.807, 2.05) is 19.9 Å². The van der Waals surface area contributed by atoms with Gasteiger partial charge in [-0.15, -0.1) is 0 Å². The molecule has 0 saturated carbocycles. The summed E-state index contributed by atoms with van der Waals surface area (Å²) in [5.74, 6) is 0.157. The molecule has 1 aliphatic rings. The second-order valence-corrected chi connectivity index (χ2v) is 9.52. The Hall–Kier alpha value is -2.72. The highest BCUT2D eigenvalue weighted by molar-refractivity contribution is 8.26. The van der Waals surface area contributed by atoms with Crippen molar-refractivity contribution < 1.29 is 14.3 Å². The van der Waals surface area contributed by atoms with Crippen LogP contribution in [0.15, 0.2) is 52.3 Å². The molecule has 0 spiro atoms. The van der Waals surface area contributed by atoms with Gasteiger partial charge in [0.25, 0.3) is 11.5 Å². The number of hydrogen-bond donors (Lipinski definition) is 0. The van der Waals surface area contributed by atoms with Crippen LogP contribution in [0.4, 0.5) is 0 Å². The summed E-state index contributed by atoms with van der Waals surface area (Å²) in [4.78, 5) is 33.0. The van der Waals surface area contributed by atoms with Crippen LogP contribution in [0.1, 0.15) is 24.5 Å². The quantitative estimate of drug-likeness (QED) is 0.235. The average Bonchev–Trinajstić information content (AvgIpc) is 3.08. The number of benzene rings is 1. The van der Waals surface area contributed by atoms with Crippen molar-refractivity contribution in [2.75, 3.05) is 19.8 Å². The molecule has 0 bridgehead atoms. The van der Waals surface area contributed by atoms with Crippen LogP contribution in [0.5, 0.6) is 11.6 Å². The number of amides is 1. The van der Waals surface area contributed by atoms with E-state index in [0.717, 1.165) is 17.3 Å². The molecule has 10 heteroatoms. The second kappa shape index (κ2) is 10.7. The highest BCUT2D eigenvalue weighted by Gasteiger charge is 2.32. The van der Waals surface area contributed by atoms with Crippen molar-refractivity contribution in [3.8, 4) is 11.6 Å². The molecule has 3 heterocycles. The lowest BCUT2D eigenvalue weighted by Gasteiger charge is -2.14. The summed E-state index contributed by atoms with van der Waals surface area (Å²) in [5, 5.41) is 0.376. The van der Waals surface area contributed by atoms with Crippen LogP contribution >= 0.6 is 35.6 Å². The maximum atomic E-state index is 13.5. The largest absolute Gasteiger partial charge is 0.437 e. The summed E-state index contributed by atoms with van der Waals surface area (Å²) in [6.45, 7) is 5.37. The number of hydrogen-bond acceptors (Lipinski definition) is 7. The third-order valence-corrected chi connectivity index (χ3v) is 6.81. The minimum atomic E-state index is -0.364. The number of nitrogens with zero attached hydrogens (tertiary/aromatic N) is 3. The molecule has 0 atom stereocenters. The summed E-state index contributed by atoms with van der Waals surface area (Å²) < 4.78 is 13.2. The molecule has 0 aliphatic carbocycles. The Morgan fingerprint density at radius 3 is 2.76 bits per heavy atom. The number of fused-ring (bicyclic) bond motifs is 1. The van der Waals surface area contributed by atoms with Crippen LogP contribution in [0.3, 0.4) is 0 Å². The average molecular weight is 516 g/mol. The molecule has 176 valence electrons. The van der Waals surface area contributed by atoms with Crippen molar-refractivity contribution in [1.82, 2.24) is 14.3 Å². The fourth-order valence-electron chi connectivity index (χ4n) is 3.42. The van der Waals surface area contributed by atoms with Crippen molar-refractivity contribution in [2.45, 2.75) is 20.3 Å². The number of ether oxygens (including phenoxy) is 2. The van der Waals surface area contributed by atoms with Gasteiger partial charge in [0.2, 0.25) is 5.88 Å². The number of carbonyl (C=O) groups excluding carboxylic acids is 1. The molecular weight excluding hydrogens is 494 g/mol. The minimum Gasteiger partial charge on any atom is -0.437 e. The predicted molar refractivity (Wildman–Crippen MR) is 139 cm³/mol. The maximum Gasteiger partial charge on any atom is 0.269 e. The van der Waals surface area contributed by atoms with Gasteiger partial charge in [-0.3, -0.25) is 18.9 Å². The number of thioether (sulfide) groups is 1. The number of carbonyl (C=O) groups is 1. The Morgan fingerprint density at radius 2 is 2.00 bits per heavy atom. The van der Waals surface area contributed by atoms with Crippen molar-refractivity contribution >= 4 is 57.5 Å². The fourth-order valence-corrected chi connectivity index (χ4v) is 4.88. The lowest BCUT2D eigenvalue weighted by atomic mass is 10.2. The van der Waals surface area contributed by atoms with Crippen LogP contribution < -0.4 is 10.3 Å². The molecule has 1 aromatic carbocycles. The first-order valence-corrected chi connectivity index (χ1v) is 12.3. The van der Waals surface area contributed by atoms with Gasteiger partial charge < -0.3 is 9.47 Å². The van der Waals surface area contributed by atoms with Crippen molar-refractivity contribution in [3.05, 3.63) is 74.0 Å². The van der Waals surface area contributed by atoms with Crippen LogP contribution in [0.2, 0.25) is 5.02 Å². The smallest absolute Gasteiger partial charge is 0.269 e. The molecule has 4 rings (SSSR count). The van der Waals surface area contributed by atoms with Crippen LogP contribution in [0.25, 0.3) is 11.7 Å². The van der Waals surface area contributed by atoms with Gasteiger partial charge in [0.1, 0.15) is 21.3 Å². The fraction of sp³-hybridized carbons (Fsp3) is 0.250. The van der Waals surface area contributed by atoms with Gasteiger partial charge in [0, 0.05) is 26.0 Å². The van der Waals surface area contributed by atoms with Crippen LogP contribution in [-0.2, 0) is 9.53 Å². The first-order valence-electron chi connectivity index (χ1n) is 10.7. The molecule has 1 aliphatic heterocycles. The number of aromatic nitrogens is 2. The van der Waals surface area contributed by atoms with Crippen LogP contribution in [0, 0.1) is 6.92 Å². The molecule has 0 unspecified atom stereocenters. The third kappa shape index (κ3) is 5.02. The SMILES string of the molecule is CCOCCCN1C(=O)/C(=C\c2c(Oc3ccccc3Cl)nc3c(C)cccn3c2=O)SC1=S. The normalized spacial score (nSPS) is 15.0. The van der Waals surface area contributed by atoms with Gasteiger partial charge in [-0.2, -0.15) is 4.98 Å². The van der Waals surface area contributed by atoms with Crippen molar-refractivity contribution in [2.24, 2.45) is 0 Å². The Balaban J connectivity index is 1.77. The zero-order valence-electron chi connectivity index (χ0n) is 18.6. The standard InChI is InChI=1S/C24H22ClN3O4S2/c1-3-31-13-7-12-28-23(30)19(34-24(28)33)14-16-21(32-18-10-5-4-9-17(18)25)26-20-15(2)8-6-11-27(20)22(16)29/h4-6,8-11,14H,3,7,12-13H2,1-2H3/b19-14+. The summed E-state index contributed by atoms with van der Waals surface area (Å²) >= 11 is 12.8. The van der Waals surface area contributed by atoms with E-state index in [1.165, 1.54) is 15.4 Å². The monoisotopic (exact) mass is 515 g/mol. The Morgan fingerprint density at radius 1 is 1.21 bits per heavy atom. The van der Waals surface area contributed by atoms with E-state index in [4.69, 9.17) is 33.3 Å². The number of rotatable bonds is 8. The third-order valence-electron chi connectivity index (χ3n) is 5.12. The van der Waals surface area contributed by atoms with Crippen molar-refractivity contribution in [3.63, 3.8) is 0 Å². The lowest BCUT2D eigenvalue weighted by Crippen LogP contribution is -2.29. The number of pyridine rings is 1. The van der Waals surface area contributed by atoms with E-state index in [1.54, 1.807) is 36.5 Å². The Bertz CT molecular complexity index is 1360. The topological polar surface area (TPSA) is 73.1 Å². The first kappa shape index (κ1) is 24.4. The summed E-state index contributed by atoms with van der Waals surface area (Å²) in [6, 6.07) is 10.5. The van der Waals surface area contributed by atoms with Crippen molar-refractivity contribution in [1.29, 1.82) is 0 Å². The van der Waals surface area contributed by atoms with E-state index in [-0.39, 0.29) is 22.9 Å². The van der Waals surface area contributed by atoms with E-state index < -0.39 is 0 Å². The molecule has 3 aromatic rings. The van der Waals surface area contributed by atoms with E-state index in [9.17, 15) is 9.59 Å². The Kier molecular flexibility index (Phi) is 7.67.